The molecule has 0 aromatic heterocycles. The van der Waals surface area contributed by atoms with Crippen LogP contribution >= 0.6 is 0 Å². The first kappa shape index (κ1) is 22.2. The van der Waals surface area contributed by atoms with Crippen molar-refractivity contribution in [2.24, 2.45) is 0 Å². The number of esters is 1. The van der Waals surface area contributed by atoms with Crippen LogP contribution in [0.5, 0.6) is 5.75 Å². The zero-order valence-corrected chi connectivity index (χ0v) is 22.0. The fraction of sp³-hybridized carbons (Fsp3) is 0.344. The number of carbonyl (C=O) groups is 1. The van der Waals surface area contributed by atoms with Gasteiger partial charge in [0.05, 0.1) is 17.1 Å². The van der Waals surface area contributed by atoms with Crippen molar-refractivity contribution in [3.8, 4) is 5.75 Å². The maximum Gasteiger partial charge on any atom is 0.335 e. The molecule has 0 fully saturated rings. The van der Waals surface area contributed by atoms with Crippen molar-refractivity contribution in [1.82, 2.24) is 0 Å². The molecular formula is C32H33NO2. The molecule has 3 aliphatic heterocycles. The lowest BCUT2D eigenvalue weighted by atomic mass is 9.60. The van der Waals surface area contributed by atoms with E-state index in [9.17, 15) is 4.79 Å². The zero-order chi connectivity index (χ0) is 25.2. The molecule has 3 aromatic rings. The summed E-state index contributed by atoms with van der Waals surface area (Å²) in [7, 11) is 0. The van der Waals surface area contributed by atoms with Gasteiger partial charge in [-0.1, -0.05) is 83.5 Å². The van der Waals surface area contributed by atoms with Crippen molar-refractivity contribution in [2.45, 2.75) is 71.6 Å². The van der Waals surface area contributed by atoms with E-state index in [2.05, 4.69) is 103 Å². The molecule has 0 spiro atoms. The van der Waals surface area contributed by atoms with E-state index in [-0.39, 0.29) is 16.2 Å². The van der Waals surface area contributed by atoms with Crippen LogP contribution < -0.4 is 9.64 Å². The summed E-state index contributed by atoms with van der Waals surface area (Å²) in [5, 5.41) is 0. The number of rotatable bonds is 2. The number of aryl methyl sites for hydroxylation is 2. The van der Waals surface area contributed by atoms with Crippen LogP contribution in [-0.2, 0) is 21.0 Å². The predicted molar refractivity (Wildman–Crippen MR) is 143 cm³/mol. The third kappa shape index (κ3) is 2.59. The topological polar surface area (TPSA) is 29.5 Å². The molecule has 0 aliphatic carbocycles. The maximum absolute atomic E-state index is 12.2. The van der Waals surface area contributed by atoms with Gasteiger partial charge in [-0.3, -0.25) is 0 Å². The predicted octanol–water partition coefficient (Wildman–Crippen LogP) is 7.78. The van der Waals surface area contributed by atoms with Gasteiger partial charge >= 0.3 is 5.97 Å². The van der Waals surface area contributed by atoms with E-state index in [1.807, 2.05) is 0 Å². The average molecular weight is 464 g/mol. The molecule has 6 rings (SSSR count). The molecule has 0 radical (unpaired) electrons. The first-order valence-corrected chi connectivity index (χ1v) is 12.4. The Labute approximate surface area is 208 Å². The average Bonchev–Trinajstić information content (AvgIpc) is 2.77. The van der Waals surface area contributed by atoms with Crippen molar-refractivity contribution in [3.05, 3.63) is 93.6 Å². The van der Waals surface area contributed by atoms with Gasteiger partial charge in [0.15, 0.2) is 0 Å². The molecule has 0 bridgehead atoms. The number of ether oxygens (including phenoxy) is 1. The SMILES string of the molecule is C=CC(=O)Oc1cc2c3c(c1)C(C)(C)c1cc(C)cc4c1N3c1c(cc(C)cc1C2(C)C)C4(C)C. The largest absolute Gasteiger partial charge is 0.423 e. The van der Waals surface area contributed by atoms with Crippen molar-refractivity contribution in [1.29, 1.82) is 0 Å². The van der Waals surface area contributed by atoms with Gasteiger partial charge in [-0.25, -0.2) is 4.79 Å². The fourth-order valence-electron chi connectivity index (χ4n) is 6.73. The lowest BCUT2D eigenvalue weighted by Gasteiger charge is -2.55. The number of carbonyl (C=O) groups excluding carboxylic acids is 1. The molecule has 0 N–H and O–H groups in total. The number of hydrogen-bond donors (Lipinski definition) is 0. The van der Waals surface area contributed by atoms with Crippen LogP contribution in [-0.4, -0.2) is 5.97 Å². The first-order valence-electron chi connectivity index (χ1n) is 12.4. The van der Waals surface area contributed by atoms with E-state index in [0.29, 0.717) is 5.75 Å². The maximum atomic E-state index is 12.2. The van der Waals surface area contributed by atoms with Crippen LogP contribution in [0.3, 0.4) is 0 Å². The minimum Gasteiger partial charge on any atom is -0.423 e. The van der Waals surface area contributed by atoms with E-state index < -0.39 is 5.97 Å². The molecule has 3 aromatic carbocycles. The van der Waals surface area contributed by atoms with Gasteiger partial charge in [-0.15, -0.1) is 0 Å². The van der Waals surface area contributed by atoms with Gasteiger partial charge in [0, 0.05) is 22.3 Å². The van der Waals surface area contributed by atoms with E-state index in [1.54, 1.807) is 0 Å². The first-order chi connectivity index (χ1) is 16.3. The van der Waals surface area contributed by atoms with E-state index in [0.717, 1.165) is 0 Å². The van der Waals surface area contributed by atoms with Crippen molar-refractivity contribution in [2.75, 3.05) is 4.90 Å². The normalized spacial score (nSPS) is 18.6. The Bertz CT molecular complexity index is 1410. The number of hydrogen-bond acceptors (Lipinski definition) is 3. The smallest absolute Gasteiger partial charge is 0.335 e. The minimum absolute atomic E-state index is 0.122. The summed E-state index contributed by atoms with van der Waals surface area (Å²) in [6.07, 6.45) is 1.23. The van der Waals surface area contributed by atoms with Crippen LogP contribution in [0, 0.1) is 13.8 Å². The van der Waals surface area contributed by atoms with Crippen molar-refractivity contribution in [3.63, 3.8) is 0 Å². The second kappa shape index (κ2) is 6.46. The molecule has 3 heteroatoms. The van der Waals surface area contributed by atoms with Gasteiger partial charge in [0.25, 0.3) is 0 Å². The van der Waals surface area contributed by atoms with E-state index in [1.165, 1.54) is 67.6 Å². The third-order valence-electron chi connectivity index (χ3n) is 8.69. The minimum atomic E-state index is -0.434. The Hall–Kier alpha value is -3.33. The molecule has 178 valence electrons. The molecule has 3 nitrogen and oxygen atoms in total. The highest BCUT2D eigenvalue weighted by Gasteiger charge is 2.52. The highest BCUT2D eigenvalue weighted by Crippen LogP contribution is 2.66. The third-order valence-corrected chi connectivity index (χ3v) is 8.69. The van der Waals surface area contributed by atoms with Crippen LogP contribution in [0.25, 0.3) is 0 Å². The molecule has 0 saturated heterocycles. The Kier molecular flexibility index (Phi) is 4.09. The number of anilines is 3. The second-order valence-corrected chi connectivity index (χ2v) is 12.1. The Morgan fingerprint density at radius 3 is 1.31 bits per heavy atom. The molecule has 3 aliphatic rings. The van der Waals surface area contributed by atoms with Crippen LogP contribution in [0.2, 0.25) is 0 Å². The molecule has 3 heterocycles. The van der Waals surface area contributed by atoms with Gasteiger partial charge in [-0.05, 0) is 59.4 Å². The summed E-state index contributed by atoms with van der Waals surface area (Å²) in [6, 6.07) is 13.6. The van der Waals surface area contributed by atoms with Gasteiger partial charge < -0.3 is 9.64 Å². The summed E-state index contributed by atoms with van der Waals surface area (Å²) < 4.78 is 5.73. The number of nitrogens with zero attached hydrogens (tertiary/aromatic N) is 1. The summed E-state index contributed by atoms with van der Waals surface area (Å²) >= 11 is 0. The second-order valence-electron chi connectivity index (χ2n) is 12.1. The fourth-order valence-corrected chi connectivity index (χ4v) is 6.73. The number of benzene rings is 3. The Morgan fingerprint density at radius 2 is 1.00 bits per heavy atom. The standard InChI is InChI=1S/C32H33NO2/c1-10-26(34)35-19-15-24-29-25(16-19)32(8,9)23-14-18(3)12-21-28(23)33(29)27-20(30(21,4)5)11-17(2)13-22(27)31(24,6)7/h10-16H,1H2,2-9H3. The quantitative estimate of drug-likeness (QED) is 0.221. The summed E-state index contributed by atoms with van der Waals surface area (Å²) in [4.78, 5) is 14.7. The highest BCUT2D eigenvalue weighted by molar-refractivity contribution is 5.99. The summed E-state index contributed by atoms with van der Waals surface area (Å²) in [5.74, 6) is 0.144. The molecule has 0 atom stereocenters. The molecule has 35 heavy (non-hydrogen) atoms. The Morgan fingerprint density at radius 1 is 0.686 bits per heavy atom. The van der Waals surface area contributed by atoms with Gasteiger partial charge in [0.1, 0.15) is 5.75 Å². The lowest BCUT2D eigenvalue weighted by molar-refractivity contribution is -0.128. The zero-order valence-electron chi connectivity index (χ0n) is 22.0. The van der Waals surface area contributed by atoms with E-state index in [4.69, 9.17) is 4.74 Å². The molecule has 0 unspecified atom stereocenters. The van der Waals surface area contributed by atoms with Crippen LogP contribution in [0.4, 0.5) is 17.1 Å². The Balaban J connectivity index is 1.82. The van der Waals surface area contributed by atoms with Crippen molar-refractivity contribution >= 4 is 23.0 Å². The van der Waals surface area contributed by atoms with Crippen molar-refractivity contribution < 1.29 is 9.53 Å². The lowest BCUT2D eigenvalue weighted by Crippen LogP contribution is -2.43. The van der Waals surface area contributed by atoms with Crippen LogP contribution in [0.15, 0.2) is 49.1 Å². The van der Waals surface area contributed by atoms with Gasteiger partial charge in [0.2, 0.25) is 0 Å². The summed E-state index contributed by atoms with van der Waals surface area (Å²) in [6.45, 7) is 21.9. The summed E-state index contributed by atoms with van der Waals surface area (Å²) in [5.41, 5.74) is 13.6. The van der Waals surface area contributed by atoms with Gasteiger partial charge in [-0.2, -0.15) is 0 Å². The molecule has 0 saturated carbocycles. The molecular weight excluding hydrogens is 430 g/mol. The monoisotopic (exact) mass is 463 g/mol. The van der Waals surface area contributed by atoms with E-state index >= 15 is 0 Å². The molecule has 0 amide bonds. The highest BCUT2D eigenvalue weighted by atomic mass is 16.5. The van der Waals surface area contributed by atoms with Crippen LogP contribution in [0.1, 0.15) is 86.1 Å².